The van der Waals surface area contributed by atoms with Crippen LogP contribution in [0.25, 0.3) is 0 Å². The molecule has 86 valence electrons. The van der Waals surface area contributed by atoms with Crippen molar-refractivity contribution >= 4 is 40.3 Å². The number of hydrogen-bond donors (Lipinski definition) is 0. The number of hydrogen-bond acceptors (Lipinski definition) is 4. The van der Waals surface area contributed by atoms with E-state index in [1.165, 1.54) is 0 Å². The van der Waals surface area contributed by atoms with Gasteiger partial charge in [-0.25, -0.2) is 8.78 Å². The molecule has 2 rings (SSSR count). The Morgan fingerprint density at radius 3 is 1.94 bits per heavy atom. The van der Waals surface area contributed by atoms with Gasteiger partial charge >= 0.3 is 14.4 Å². The van der Waals surface area contributed by atoms with Crippen LogP contribution in [-0.4, -0.2) is 50.2 Å². The summed E-state index contributed by atoms with van der Waals surface area (Å²) in [6, 6.07) is -2.75. The van der Waals surface area contributed by atoms with Crippen molar-refractivity contribution in [2.24, 2.45) is 0 Å². The summed E-state index contributed by atoms with van der Waals surface area (Å²) in [6.07, 6.45) is -0.345. The van der Waals surface area contributed by atoms with E-state index in [9.17, 15) is 36.5 Å². The summed E-state index contributed by atoms with van der Waals surface area (Å²) in [4.78, 5) is 34.6. The first-order chi connectivity index (χ1) is 7.21. The molecular formula is C6H2F4O4Si2. The van der Waals surface area contributed by atoms with E-state index in [0.29, 0.717) is 0 Å². The number of aldehydes is 1. The second-order valence-electron chi connectivity index (χ2n) is 3.64. The third-order valence-electron chi connectivity index (χ3n) is 3.07. The molecule has 0 radical (unpaired) electrons. The number of fused-ring (bicyclic) bond motifs is 1. The first-order valence-electron chi connectivity index (χ1n) is 4.01. The summed E-state index contributed by atoms with van der Waals surface area (Å²) in [5.74, 6) is 0. The van der Waals surface area contributed by atoms with Gasteiger partial charge in [-0.15, -0.1) is 0 Å². The van der Waals surface area contributed by atoms with Gasteiger partial charge in [-0.1, -0.05) is 0 Å². The lowest BCUT2D eigenvalue weighted by atomic mass is 10.8. The highest BCUT2D eigenvalue weighted by Crippen LogP contribution is 2.79. The lowest BCUT2D eigenvalue weighted by molar-refractivity contribution is -0.140. The lowest BCUT2D eigenvalue weighted by Gasteiger charge is -2.11. The Morgan fingerprint density at radius 2 is 1.62 bits per heavy atom. The van der Waals surface area contributed by atoms with Crippen molar-refractivity contribution in [1.82, 2.24) is 0 Å². The molecule has 2 fully saturated rings. The fraction of sp³-hybridized carbons (Fsp3) is 0.333. The molecule has 0 bridgehead atoms. The Kier molecular flexibility index (Phi) is 1.81. The molecule has 2 atom stereocenters. The number of carbonyl (C=O) groups is 4. The molecule has 0 amide bonds. The second kappa shape index (κ2) is 2.56. The van der Waals surface area contributed by atoms with Crippen LogP contribution in [0.3, 0.4) is 0 Å². The molecule has 2 unspecified atom stereocenters. The number of carbonyl (C=O) groups excluding carboxylic acids is 4. The fourth-order valence-electron chi connectivity index (χ4n) is 2.15. The molecule has 2 saturated heterocycles. The van der Waals surface area contributed by atoms with Gasteiger partial charge in [-0.3, -0.25) is 23.3 Å². The minimum atomic E-state index is -5.49. The van der Waals surface area contributed by atoms with Crippen LogP contribution in [-0.2, 0) is 19.2 Å². The van der Waals surface area contributed by atoms with Gasteiger partial charge in [0.2, 0.25) is 8.80 Å². The molecule has 0 aromatic heterocycles. The van der Waals surface area contributed by atoms with Gasteiger partial charge in [0, 0.05) is 0 Å². The van der Waals surface area contributed by atoms with Gasteiger partial charge in [0.1, 0.15) is 0 Å². The van der Waals surface area contributed by atoms with Crippen LogP contribution in [0.2, 0.25) is 0 Å². The van der Waals surface area contributed by atoms with Gasteiger partial charge in [0.05, 0.1) is 0 Å². The summed E-state index contributed by atoms with van der Waals surface area (Å²) in [6.45, 7) is 0. The monoisotopic (exact) mass is 270 g/mol. The maximum Gasteiger partial charge on any atom is 0.401 e. The molecule has 4 nitrogen and oxygen atoms in total. The molecule has 0 N–H and O–H groups in total. The first-order valence-corrected chi connectivity index (χ1v) is 7.62. The molecule has 2 heterocycles. The summed E-state index contributed by atoms with van der Waals surface area (Å²) >= 11 is 0. The molecule has 2 aliphatic rings. The van der Waals surface area contributed by atoms with Gasteiger partial charge in [-0.05, 0) is 0 Å². The molecular weight excluding hydrogens is 268 g/mol. The molecule has 0 spiro atoms. The SMILES string of the molecule is O=CC(=O)[SiH]1C2(F)C1(F)[Si]2(F)C(=O)C(=O)F. The van der Waals surface area contributed by atoms with E-state index in [2.05, 4.69) is 0 Å². The maximum absolute atomic E-state index is 13.5. The van der Waals surface area contributed by atoms with E-state index in [4.69, 9.17) is 0 Å². The zero-order chi connectivity index (χ0) is 12.5. The average molecular weight is 270 g/mol. The van der Waals surface area contributed by atoms with Gasteiger partial charge in [0.25, 0.3) is 5.41 Å². The topological polar surface area (TPSA) is 68.3 Å². The van der Waals surface area contributed by atoms with Crippen LogP contribution in [0, 0.1) is 0 Å². The number of rotatable bonds is 4. The van der Waals surface area contributed by atoms with E-state index in [1.807, 2.05) is 0 Å². The zero-order valence-electron chi connectivity index (χ0n) is 7.30. The van der Waals surface area contributed by atoms with Crippen molar-refractivity contribution in [3.8, 4) is 0 Å². The molecule has 2 aliphatic heterocycles. The van der Waals surface area contributed by atoms with Crippen LogP contribution < -0.4 is 0 Å². The summed E-state index contributed by atoms with van der Waals surface area (Å²) in [7, 11) is -9.14. The minimum Gasteiger partial charge on any atom is -0.297 e. The van der Waals surface area contributed by atoms with Gasteiger partial charge in [0.15, 0.2) is 21.5 Å². The Hall–Kier alpha value is -1.17. The molecule has 0 aromatic rings. The van der Waals surface area contributed by atoms with Crippen LogP contribution in [0.4, 0.5) is 17.3 Å². The minimum absolute atomic E-state index is 0.345. The largest absolute Gasteiger partial charge is 0.401 e. The summed E-state index contributed by atoms with van der Waals surface area (Å²) in [5.41, 5.74) is 0. The van der Waals surface area contributed by atoms with Crippen LogP contribution in [0.1, 0.15) is 0 Å². The van der Waals surface area contributed by atoms with Crippen LogP contribution in [0.15, 0.2) is 0 Å². The Bertz CT molecular complexity index is 451. The normalized spacial score (nSPS) is 47.9. The van der Waals surface area contributed by atoms with E-state index < -0.39 is 43.9 Å². The van der Waals surface area contributed by atoms with Gasteiger partial charge in [-0.2, -0.15) is 4.39 Å². The Labute approximate surface area is 87.4 Å². The molecule has 10 heteroatoms. The zero-order valence-corrected chi connectivity index (χ0v) is 9.45. The van der Waals surface area contributed by atoms with Crippen LogP contribution in [0.5, 0.6) is 0 Å². The average Bonchev–Trinajstić information content (AvgIpc) is 2.90. The fourth-order valence-corrected chi connectivity index (χ4v) is 13.8. The quantitative estimate of drug-likeness (QED) is 0.158. The Morgan fingerprint density at radius 1 is 1.19 bits per heavy atom. The molecule has 0 aromatic carbocycles. The van der Waals surface area contributed by atoms with Crippen molar-refractivity contribution in [2.75, 3.05) is 0 Å². The van der Waals surface area contributed by atoms with E-state index in [1.54, 1.807) is 0 Å². The smallest absolute Gasteiger partial charge is 0.297 e. The van der Waals surface area contributed by atoms with Gasteiger partial charge < -0.3 is 0 Å². The maximum atomic E-state index is 13.5. The Balaban J connectivity index is 2.31. The third kappa shape index (κ3) is 0.724. The summed E-state index contributed by atoms with van der Waals surface area (Å²) in [5, 5.41) is -3.73. The highest BCUT2D eigenvalue weighted by molar-refractivity contribution is 7.47. The highest BCUT2D eigenvalue weighted by atomic mass is 28.5. The van der Waals surface area contributed by atoms with Crippen LogP contribution >= 0.6 is 0 Å². The van der Waals surface area contributed by atoms with Crippen molar-refractivity contribution < 1.29 is 36.5 Å². The molecule has 0 saturated carbocycles. The molecule has 0 aliphatic carbocycles. The number of alkyl halides is 2. The van der Waals surface area contributed by atoms with E-state index in [0.717, 1.165) is 0 Å². The van der Waals surface area contributed by atoms with E-state index >= 15 is 0 Å². The van der Waals surface area contributed by atoms with Crippen molar-refractivity contribution in [3.05, 3.63) is 0 Å². The molecule has 16 heavy (non-hydrogen) atoms. The van der Waals surface area contributed by atoms with E-state index in [-0.39, 0.29) is 6.29 Å². The predicted octanol–water partition coefficient (Wildman–Crippen LogP) is -1.36. The number of halogens is 4. The second-order valence-corrected chi connectivity index (χ2v) is 11.0. The standard InChI is InChI=1S/C6H2F4O4Si2/c7-3(13)4(14)16(10)5(8)6(16,9)15(5)2(12)1-11/h1,15H. The predicted molar refractivity (Wildman–Crippen MR) is 43.9 cm³/mol. The third-order valence-corrected chi connectivity index (χ3v) is 13.9. The lowest BCUT2D eigenvalue weighted by Crippen LogP contribution is -2.55. The summed E-state index contributed by atoms with van der Waals surface area (Å²) < 4.78 is 52.3. The first kappa shape index (κ1) is 11.3. The highest BCUT2D eigenvalue weighted by Gasteiger charge is 3.20. The van der Waals surface area contributed by atoms with Crippen molar-refractivity contribution in [3.63, 3.8) is 0 Å². The van der Waals surface area contributed by atoms with Crippen molar-refractivity contribution in [2.45, 2.75) is 9.83 Å². The van der Waals surface area contributed by atoms with Crippen molar-refractivity contribution in [1.29, 1.82) is 0 Å².